The topological polar surface area (TPSA) is 91.6 Å². The molecule has 0 bridgehead atoms. The smallest absolute Gasteiger partial charge is 0.258 e. The summed E-state index contributed by atoms with van der Waals surface area (Å²) in [6.07, 6.45) is 3.61. The summed E-state index contributed by atoms with van der Waals surface area (Å²) in [6, 6.07) is 0. The van der Waals surface area contributed by atoms with E-state index in [1.807, 2.05) is 0 Å². The number of aromatic nitrogens is 2. The first-order chi connectivity index (χ1) is 12.4. The van der Waals surface area contributed by atoms with Crippen LogP contribution in [-0.4, -0.2) is 63.3 Å². The van der Waals surface area contributed by atoms with Gasteiger partial charge in [0.25, 0.3) is 5.91 Å². The molecule has 3 heterocycles. The van der Waals surface area contributed by atoms with Gasteiger partial charge in [-0.1, -0.05) is 0 Å². The first-order valence-electron chi connectivity index (χ1n) is 8.95. The zero-order valence-electron chi connectivity index (χ0n) is 15.3. The van der Waals surface area contributed by atoms with Crippen molar-refractivity contribution in [3.63, 3.8) is 0 Å². The number of nitrogens with zero attached hydrogens (tertiary/aromatic N) is 4. The number of furan rings is 1. The Bertz CT molecular complexity index is 878. The summed E-state index contributed by atoms with van der Waals surface area (Å²) in [4.78, 5) is 36.8. The number of rotatable bonds is 3. The van der Waals surface area contributed by atoms with E-state index in [1.165, 1.54) is 6.33 Å². The molecule has 138 valence electrons. The molecule has 26 heavy (non-hydrogen) atoms. The van der Waals surface area contributed by atoms with Crippen LogP contribution >= 0.6 is 0 Å². The molecule has 0 aromatic carbocycles. The maximum atomic E-state index is 13.2. The number of aryl methyl sites for hydroxylation is 1. The van der Waals surface area contributed by atoms with Crippen LogP contribution in [0.2, 0.25) is 0 Å². The molecule has 2 aliphatic rings. The average molecular weight is 357 g/mol. The van der Waals surface area contributed by atoms with Gasteiger partial charge in [0.15, 0.2) is 0 Å². The molecule has 2 fully saturated rings. The van der Waals surface area contributed by atoms with Crippen molar-refractivity contribution in [1.82, 2.24) is 19.8 Å². The lowest BCUT2D eigenvalue weighted by atomic mass is 10.1. The van der Waals surface area contributed by atoms with Gasteiger partial charge in [-0.25, -0.2) is 9.97 Å². The maximum absolute atomic E-state index is 13.2. The molecule has 2 amide bonds. The van der Waals surface area contributed by atoms with Gasteiger partial charge in [0.05, 0.1) is 10.9 Å². The van der Waals surface area contributed by atoms with Crippen LogP contribution in [0.5, 0.6) is 0 Å². The number of carbonyl (C=O) groups is 2. The van der Waals surface area contributed by atoms with E-state index in [2.05, 4.69) is 22.2 Å². The number of hydrogen-bond acceptors (Lipinski definition) is 6. The first-order valence-corrected chi connectivity index (χ1v) is 8.95. The van der Waals surface area contributed by atoms with E-state index < -0.39 is 0 Å². The molecule has 2 aromatic rings. The summed E-state index contributed by atoms with van der Waals surface area (Å²) < 4.78 is 5.74. The summed E-state index contributed by atoms with van der Waals surface area (Å²) in [5.74, 6) is 1.14. The summed E-state index contributed by atoms with van der Waals surface area (Å²) in [5.41, 5.74) is 0.971. The van der Waals surface area contributed by atoms with Gasteiger partial charge in [0.2, 0.25) is 11.6 Å². The van der Waals surface area contributed by atoms with E-state index in [4.69, 9.17) is 4.42 Å². The standard InChI is InChI=1S/C18H23N5O3/c1-11-13(17(25)23-8-6-22(7-9-23)12(2)24)14-15(21-18(3)4-5-18)19-10-20-16(14)26-11/h10H,4-9H2,1-3H3,(H,19,20,21). The largest absolute Gasteiger partial charge is 0.442 e. The molecular weight excluding hydrogens is 334 g/mol. The molecule has 0 radical (unpaired) electrons. The van der Waals surface area contributed by atoms with Gasteiger partial charge in [-0.2, -0.15) is 0 Å². The van der Waals surface area contributed by atoms with Crippen LogP contribution in [-0.2, 0) is 4.79 Å². The van der Waals surface area contributed by atoms with Gasteiger partial charge >= 0.3 is 0 Å². The molecule has 2 aromatic heterocycles. The van der Waals surface area contributed by atoms with Gasteiger partial charge in [0.1, 0.15) is 17.9 Å². The highest BCUT2D eigenvalue weighted by atomic mass is 16.3. The molecule has 1 aliphatic heterocycles. The fraction of sp³-hybridized carbons (Fsp3) is 0.556. The molecule has 4 rings (SSSR count). The Labute approximate surface area is 151 Å². The number of piperazine rings is 1. The van der Waals surface area contributed by atoms with Crippen LogP contribution in [0.25, 0.3) is 11.1 Å². The number of anilines is 1. The first kappa shape index (κ1) is 16.8. The van der Waals surface area contributed by atoms with Crippen molar-refractivity contribution in [1.29, 1.82) is 0 Å². The zero-order chi connectivity index (χ0) is 18.5. The average Bonchev–Trinajstić information content (AvgIpc) is 3.23. The second-order valence-electron chi connectivity index (χ2n) is 7.42. The predicted molar refractivity (Wildman–Crippen MR) is 96.0 cm³/mol. The molecule has 8 heteroatoms. The second-order valence-corrected chi connectivity index (χ2v) is 7.42. The molecule has 0 unspecified atom stereocenters. The van der Waals surface area contributed by atoms with Gasteiger partial charge in [-0.3, -0.25) is 9.59 Å². The number of nitrogens with one attached hydrogen (secondary N) is 1. The Kier molecular flexibility index (Phi) is 3.86. The third-order valence-electron chi connectivity index (χ3n) is 5.31. The number of hydrogen-bond donors (Lipinski definition) is 1. The number of amides is 2. The number of carbonyl (C=O) groups excluding carboxylic acids is 2. The van der Waals surface area contributed by atoms with Crippen LogP contribution < -0.4 is 5.32 Å². The van der Waals surface area contributed by atoms with Crippen molar-refractivity contribution in [3.05, 3.63) is 17.7 Å². The van der Waals surface area contributed by atoms with Crippen molar-refractivity contribution >= 4 is 28.7 Å². The third kappa shape index (κ3) is 2.89. The molecule has 8 nitrogen and oxygen atoms in total. The molecule has 0 spiro atoms. The third-order valence-corrected chi connectivity index (χ3v) is 5.31. The Balaban J connectivity index is 1.66. The van der Waals surface area contributed by atoms with Crippen LogP contribution in [0.3, 0.4) is 0 Å². The van der Waals surface area contributed by atoms with Crippen LogP contribution in [0.1, 0.15) is 42.8 Å². The predicted octanol–water partition coefficient (Wildman–Crippen LogP) is 1.80. The Morgan fingerprint density at radius 3 is 2.42 bits per heavy atom. The van der Waals surface area contributed by atoms with Crippen molar-refractivity contribution in [2.24, 2.45) is 0 Å². The molecule has 1 N–H and O–H groups in total. The highest BCUT2D eigenvalue weighted by Crippen LogP contribution is 2.40. The van der Waals surface area contributed by atoms with Crippen LogP contribution in [0.15, 0.2) is 10.7 Å². The van der Waals surface area contributed by atoms with E-state index in [9.17, 15) is 9.59 Å². The van der Waals surface area contributed by atoms with Crippen molar-refractivity contribution in [2.45, 2.75) is 39.2 Å². The van der Waals surface area contributed by atoms with Crippen molar-refractivity contribution < 1.29 is 14.0 Å². The Morgan fingerprint density at radius 1 is 1.15 bits per heavy atom. The quantitative estimate of drug-likeness (QED) is 0.901. The molecule has 1 saturated carbocycles. The van der Waals surface area contributed by atoms with Crippen molar-refractivity contribution in [3.8, 4) is 0 Å². The highest BCUT2D eigenvalue weighted by Gasteiger charge is 2.39. The summed E-state index contributed by atoms with van der Waals surface area (Å²) >= 11 is 0. The van der Waals surface area contributed by atoms with Gasteiger partial charge in [0, 0.05) is 38.6 Å². The lowest BCUT2D eigenvalue weighted by Gasteiger charge is -2.34. The fourth-order valence-electron chi connectivity index (χ4n) is 3.38. The van der Waals surface area contributed by atoms with Gasteiger partial charge in [-0.05, 0) is 26.7 Å². The van der Waals surface area contributed by atoms with E-state index in [0.717, 1.165) is 12.8 Å². The minimum Gasteiger partial charge on any atom is -0.442 e. The summed E-state index contributed by atoms with van der Waals surface area (Å²) in [5, 5.41) is 4.08. The normalized spacial score (nSPS) is 18.9. The van der Waals surface area contributed by atoms with Crippen LogP contribution in [0.4, 0.5) is 5.82 Å². The molecular formula is C18H23N5O3. The summed E-state index contributed by atoms with van der Waals surface area (Å²) in [7, 11) is 0. The van der Waals surface area contributed by atoms with Gasteiger partial charge < -0.3 is 19.5 Å². The number of fused-ring (bicyclic) bond motifs is 1. The minimum absolute atomic E-state index is 0.0277. The van der Waals surface area contributed by atoms with Gasteiger partial charge in [-0.15, -0.1) is 0 Å². The lowest BCUT2D eigenvalue weighted by molar-refractivity contribution is -0.130. The monoisotopic (exact) mass is 357 g/mol. The molecule has 1 saturated heterocycles. The lowest BCUT2D eigenvalue weighted by Crippen LogP contribution is -2.50. The summed E-state index contributed by atoms with van der Waals surface area (Å²) in [6.45, 7) is 7.60. The van der Waals surface area contributed by atoms with E-state index in [1.54, 1.807) is 23.6 Å². The SMILES string of the molecule is CC(=O)N1CCN(C(=O)c2c(C)oc3ncnc(NC4(C)CC4)c23)CC1. The maximum Gasteiger partial charge on any atom is 0.258 e. The van der Waals surface area contributed by atoms with E-state index in [0.29, 0.717) is 54.4 Å². The Hall–Kier alpha value is -2.64. The molecule has 1 aliphatic carbocycles. The second kappa shape index (κ2) is 5.96. The fourth-order valence-corrected chi connectivity index (χ4v) is 3.38. The van der Waals surface area contributed by atoms with E-state index >= 15 is 0 Å². The highest BCUT2D eigenvalue weighted by molar-refractivity contribution is 6.10. The molecule has 0 atom stereocenters. The Morgan fingerprint density at radius 2 is 1.81 bits per heavy atom. The van der Waals surface area contributed by atoms with Crippen LogP contribution in [0, 0.1) is 6.92 Å². The van der Waals surface area contributed by atoms with E-state index in [-0.39, 0.29) is 17.4 Å². The zero-order valence-corrected chi connectivity index (χ0v) is 15.3. The minimum atomic E-state index is -0.0942. The van der Waals surface area contributed by atoms with Crippen molar-refractivity contribution in [2.75, 3.05) is 31.5 Å².